The Kier molecular flexibility index (Phi) is 8.04. The van der Waals surface area contributed by atoms with Crippen molar-refractivity contribution in [2.75, 3.05) is 56.7 Å². The van der Waals surface area contributed by atoms with Crippen LogP contribution in [-0.4, -0.2) is 90.4 Å². The summed E-state index contributed by atoms with van der Waals surface area (Å²) in [6.45, 7) is 4.66. The van der Waals surface area contributed by atoms with Crippen LogP contribution < -0.4 is 19.9 Å². The van der Waals surface area contributed by atoms with E-state index < -0.39 is 6.10 Å². The number of rotatable bonds is 9. The van der Waals surface area contributed by atoms with E-state index in [-0.39, 0.29) is 18.1 Å². The van der Waals surface area contributed by atoms with E-state index in [9.17, 15) is 9.90 Å². The van der Waals surface area contributed by atoms with Crippen molar-refractivity contribution < 1.29 is 14.6 Å². The maximum Gasteiger partial charge on any atom is 0.220 e. The lowest BCUT2D eigenvalue weighted by Gasteiger charge is -2.42. The second kappa shape index (κ2) is 11.5. The van der Waals surface area contributed by atoms with Gasteiger partial charge >= 0.3 is 0 Å². The van der Waals surface area contributed by atoms with Crippen molar-refractivity contribution in [3.8, 4) is 17.1 Å². The van der Waals surface area contributed by atoms with E-state index in [1.165, 1.54) is 32.1 Å². The molecule has 2 aliphatic carbocycles. The highest BCUT2D eigenvalue weighted by molar-refractivity contribution is 5.75. The number of anilines is 2. The molecule has 1 saturated heterocycles. The zero-order valence-electron chi connectivity index (χ0n) is 23.0. The molecule has 1 aromatic heterocycles. The maximum atomic E-state index is 12.3. The van der Waals surface area contributed by atoms with Crippen molar-refractivity contribution in [3.05, 3.63) is 30.3 Å². The molecule has 2 N–H and O–H groups in total. The molecule has 1 unspecified atom stereocenters. The monoisotopic (exact) mass is 522 g/mol. The first kappa shape index (κ1) is 26.7. The largest absolute Gasteiger partial charge is 0.491 e. The van der Waals surface area contributed by atoms with E-state index in [1.54, 1.807) is 14.0 Å². The van der Waals surface area contributed by atoms with Gasteiger partial charge < -0.3 is 29.9 Å². The van der Waals surface area contributed by atoms with E-state index in [0.717, 1.165) is 49.7 Å². The van der Waals surface area contributed by atoms with E-state index in [2.05, 4.69) is 33.1 Å². The lowest BCUT2D eigenvalue weighted by Crippen LogP contribution is -2.56. The number of nitrogens with zero attached hydrogens (tertiary/aromatic N) is 5. The quantitative estimate of drug-likeness (QED) is 0.519. The Labute approximate surface area is 226 Å². The number of amides is 1. The molecule has 5 rings (SSSR count). The lowest BCUT2D eigenvalue weighted by atomic mass is 9.94. The first-order valence-electron chi connectivity index (χ1n) is 14.1. The smallest absolute Gasteiger partial charge is 0.220 e. The van der Waals surface area contributed by atoms with Gasteiger partial charge in [-0.2, -0.15) is 0 Å². The van der Waals surface area contributed by atoms with Gasteiger partial charge in [0.25, 0.3) is 0 Å². The third-order valence-electron chi connectivity index (χ3n) is 8.34. The van der Waals surface area contributed by atoms with Gasteiger partial charge in [-0.05, 0) is 44.9 Å². The van der Waals surface area contributed by atoms with Gasteiger partial charge in [0, 0.05) is 57.8 Å². The topological polar surface area (TPSA) is 94.1 Å². The number of hydrogen-bond donors (Lipinski definition) is 2. The van der Waals surface area contributed by atoms with Gasteiger partial charge in [-0.25, -0.2) is 9.97 Å². The fraction of sp³-hybridized carbons (Fsp3) is 0.621. The summed E-state index contributed by atoms with van der Waals surface area (Å²) >= 11 is 0. The normalized spacial score (nSPS) is 19.9. The number of carbonyl (C=O) groups excluding carboxylic acids is 1. The van der Waals surface area contributed by atoms with Crippen LogP contribution in [0.5, 0.6) is 5.75 Å². The van der Waals surface area contributed by atoms with Gasteiger partial charge in [0.1, 0.15) is 30.1 Å². The van der Waals surface area contributed by atoms with Crippen LogP contribution in [0.1, 0.15) is 51.9 Å². The fourth-order valence-corrected chi connectivity index (χ4v) is 6.00. The summed E-state index contributed by atoms with van der Waals surface area (Å²) in [5.74, 6) is 3.37. The molecule has 1 amide bonds. The van der Waals surface area contributed by atoms with E-state index >= 15 is 0 Å². The van der Waals surface area contributed by atoms with Crippen LogP contribution in [-0.2, 0) is 4.79 Å². The molecule has 9 heteroatoms. The number of hydrogen-bond acceptors (Lipinski definition) is 8. The molecule has 0 radical (unpaired) electrons. The van der Waals surface area contributed by atoms with Gasteiger partial charge in [0.05, 0.1) is 5.54 Å². The molecule has 2 aromatic rings. The average Bonchev–Trinajstić information content (AvgIpc) is 3.70. The Morgan fingerprint density at radius 3 is 2.71 bits per heavy atom. The van der Waals surface area contributed by atoms with Crippen LogP contribution >= 0.6 is 0 Å². The van der Waals surface area contributed by atoms with Crippen LogP contribution in [0.4, 0.5) is 11.6 Å². The van der Waals surface area contributed by atoms with Gasteiger partial charge in [0.15, 0.2) is 5.82 Å². The second-order valence-electron chi connectivity index (χ2n) is 11.2. The lowest BCUT2D eigenvalue weighted by molar-refractivity contribution is -0.132. The highest BCUT2D eigenvalue weighted by Gasteiger charge is 2.52. The summed E-state index contributed by atoms with van der Waals surface area (Å²) in [4.78, 5) is 29.1. The number of aliphatic hydroxyl groups is 1. The summed E-state index contributed by atoms with van der Waals surface area (Å²) in [6.07, 6.45) is 7.71. The van der Waals surface area contributed by atoms with Crippen molar-refractivity contribution in [2.45, 2.75) is 69.6 Å². The number of benzene rings is 1. The third-order valence-corrected chi connectivity index (χ3v) is 8.34. The van der Waals surface area contributed by atoms with Crippen molar-refractivity contribution >= 4 is 17.5 Å². The summed E-state index contributed by atoms with van der Waals surface area (Å²) in [5, 5.41) is 13.0. The molecule has 206 valence electrons. The molecule has 0 bridgehead atoms. The summed E-state index contributed by atoms with van der Waals surface area (Å²) < 4.78 is 5.87. The van der Waals surface area contributed by atoms with Crippen LogP contribution in [0.25, 0.3) is 11.4 Å². The maximum absolute atomic E-state index is 12.3. The summed E-state index contributed by atoms with van der Waals surface area (Å²) in [5.41, 5.74) is 0.835. The van der Waals surface area contributed by atoms with Crippen molar-refractivity contribution in [1.82, 2.24) is 20.2 Å². The van der Waals surface area contributed by atoms with E-state index in [1.807, 2.05) is 24.3 Å². The number of ether oxygens (including phenoxy) is 1. The first-order valence-corrected chi connectivity index (χ1v) is 14.1. The van der Waals surface area contributed by atoms with E-state index in [0.29, 0.717) is 24.2 Å². The van der Waals surface area contributed by atoms with Gasteiger partial charge in [-0.15, -0.1) is 0 Å². The fourth-order valence-electron chi connectivity index (χ4n) is 6.00. The first-order chi connectivity index (χ1) is 18.4. The number of aromatic nitrogens is 2. The zero-order chi connectivity index (χ0) is 26.7. The Morgan fingerprint density at radius 1 is 1.21 bits per heavy atom. The summed E-state index contributed by atoms with van der Waals surface area (Å²) in [6, 6.07) is 10.4. The van der Waals surface area contributed by atoms with Gasteiger partial charge in [0.2, 0.25) is 5.91 Å². The molecule has 1 spiro atoms. The van der Waals surface area contributed by atoms with Crippen molar-refractivity contribution in [2.24, 2.45) is 0 Å². The molecular formula is C29H42N6O3. The zero-order valence-corrected chi connectivity index (χ0v) is 23.0. The predicted octanol–water partition coefficient (Wildman–Crippen LogP) is 3.07. The van der Waals surface area contributed by atoms with Crippen LogP contribution in [0.2, 0.25) is 0 Å². The van der Waals surface area contributed by atoms with E-state index in [4.69, 9.17) is 14.7 Å². The molecular weight excluding hydrogens is 480 g/mol. The minimum Gasteiger partial charge on any atom is -0.491 e. The minimum absolute atomic E-state index is 0.0490. The standard InChI is InChI=1S/C29H42N6O3/c1-21(36)35-15-14-34(20-29(35)12-13-29)27-17-26(33(3)23-9-5-4-6-10-23)31-28(32-27)22-8-7-11-25(16-22)38-19-24(37)18-30-2/h7-8,11,16-17,23-24,30,37H,4-6,9-10,12-15,18-20H2,1-3H3. The molecule has 9 nitrogen and oxygen atoms in total. The van der Waals surface area contributed by atoms with Crippen LogP contribution in [0, 0.1) is 0 Å². The number of carbonyl (C=O) groups is 1. The summed E-state index contributed by atoms with van der Waals surface area (Å²) in [7, 11) is 3.96. The number of aliphatic hydroxyl groups excluding tert-OH is 1. The van der Waals surface area contributed by atoms with Crippen LogP contribution in [0.3, 0.4) is 0 Å². The number of likely N-dealkylation sites (N-methyl/N-ethyl adjacent to an activating group) is 1. The Balaban J connectivity index is 1.44. The highest BCUT2D eigenvalue weighted by Crippen LogP contribution is 2.45. The average molecular weight is 523 g/mol. The number of piperazine rings is 1. The SMILES string of the molecule is CNCC(O)COc1cccc(-c2nc(N3CCN(C(C)=O)C4(CC4)C3)cc(N(C)C3CCCCC3)n2)c1. The Bertz CT molecular complexity index is 1120. The van der Waals surface area contributed by atoms with Crippen molar-refractivity contribution in [1.29, 1.82) is 0 Å². The molecule has 2 heterocycles. The Morgan fingerprint density at radius 2 is 2.00 bits per heavy atom. The molecule has 1 aromatic carbocycles. The molecule has 3 aliphatic rings. The molecule has 38 heavy (non-hydrogen) atoms. The Hall–Kier alpha value is -2.91. The molecule has 1 aliphatic heterocycles. The minimum atomic E-state index is -0.581. The molecule has 2 saturated carbocycles. The highest BCUT2D eigenvalue weighted by atomic mass is 16.5. The van der Waals surface area contributed by atoms with Gasteiger partial charge in [-0.3, -0.25) is 4.79 Å². The second-order valence-corrected chi connectivity index (χ2v) is 11.2. The predicted molar refractivity (Wildman–Crippen MR) is 150 cm³/mol. The number of nitrogens with one attached hydrogen (secondary N) is 1. The van der Waals surface area contributed by atoms with Gasteiger partial charge in [-0.1, -0.05) is 31.4 Å². The molecule has 1 atom stereocenters. The van der Waals surface area contributed by atoms with Crippen LogP contribution in [0.15, 0.2) is 30.3 Å². The third kappa shape index (κ3) is 5.89. The molecule has 3 fully saturated rings. The van der Waals surface area contributed by atoms with Crippen molar-refractivity contribution in [3.63, 3.8) is 0 Å².